The van der Waals surface area contributed by atoms with Gasteiger partial charge in [-0.15, -0.1) is 0 Å². The molecule has 0 fully saturated rings. The normalized spacial score (nSPS) is 16.1. The van der Waals surface area contributed by atoms with Gasteiger partial charge in [-0.3, -0.25) is 9.59 Å². The maximum Gasteiger partial charge on any atom is 0.313 e. The van der Waals surface area contributed by atoms with Crippen LogP contribution in [-0.2, 0) is 16.3 Å². The third-order valence-corrected chi connectivity index (χ3v) is 3.36. The fourth-order valence-electron chi connectivity index (χ4n) is 1.40. The number of H-pyrrole nitrogens is 1. The number of hydrogen-bond donors (Lipinski definition) is 2. The molecule has 1 aromatic heterocycles. The van der Waals surface area contributed by atoms with Gasteiger partial charge in [0.2, 0.25) is 0 Å². The molecule has 1 atom stereocenters. The third kappa shape index (κ3) is 1.77. The average molecular weight is 226 g/mol. The zero-order valence-electron chi connectivity index (χ0n) is 8.11. The van der Waals surface area contributed by atoms with Gasteiger partial charge in [-0.2, -0.15) is 11.8 Å². The number of nitrogens with zero attached hydrogens (tertiary/aromatic N) is 1. The highest BCUT2D eigenvalue weighted by Crippen LogP contribution is 2.26. The van der Waals surface area contributed by atoms with E-state index in [4.69, 9.17) is 5.11 Å². The summed E-state index contributed by atoms with van der Waals surface area (Å²) in [4.78, 5) is 29.0. The van der Waals surface area contributed by atoms with Crippen LogP contribution in [0.25, 0.3) is 0 Å². The monoisotopic (exact) mass is 226 g/mol. The predicted octanol–water partition coefficient (Wildman–Crippen LogP) is 0.705. The van der Waals surface area contributed by atoms with Crippen LogP contribution in [0.2, 0.25) is 0 Å². The van der Waals surface area contributed by atoms with Crippen molar-refractivity contribution in [3.8, 4) is 0 Å². The Balaban J connectivity index is 2.48. The molecule has 0 radical (unpaired) electrons. The molecule has 1 aliphatic rings. The first-order chi connectivity index (χ1) is 7.09. The molecule has 2 heterocycles. The van der Waals surface area contributed by atoms with Crippen molar-refractivity contribution >= 4 is 17.7 Å². The number of aromatic amines is 1. The first-order valence-electron chi connectivity index (χ1n) is 4.52. The molecular formula is C9H10N2O3S. The second-order valence-corrected chi connectivity index (χ2v) is 4.41. The number of thioether (sulfide) groups is 1. The number of nitrogens with one attached hydrogen (secondary N) is 1. The minimum atomic E-state index is -0.983. The highest BCUT2D eigenvalue weighted by atomic mass is 32.2. The van der Waals surface area contributed by atoms with Crippen molar-refractivity contribution in [2.45, 2.75) is 24.3 Å². The van der Waals surface area contributed by atoms with E-state index in [-0.39, 0.29) is 11.4 Å². The zero-order chi connectivity index (χ0) is 11.0. The van der Waals surface area contributed by atoms with Crippen LogP contribution < -0.4 is 5.56 Å². The molecule has 5 nitrogen and oxygen atoms in total. The van der Waals surface area contributed by atoms with Crippen LogP contribution >= 0.6 is 11.8 Å². The molecule has 1 aliphatic heterocycles. The molecule has 0 amide bonds. The highest BCUT2D eigenvalue weighted by molar-refractivity contribution is 7.98. The maximum atomic E-state index is 11.6. The van der Waals surface area contributed by atoms with E-state index >= 15 is 0 Å². The van der Waals surface area contributed by atoms with E-state index in [9.17, 15) is 9.59 Å². The maximum absolute atomic E-state index is 11.6. The molecule has 15 heavy (non-hydrogen) atoms. The van der Waals surface area contributed by atoms with Crippen LogP contribution in [-0.4, -0.2) is 21.0 Å². The summed E-state index contributed by atoms with van der Waals surface area (Å²) in [5.74, 6) is -0.149. The molecule has 0 bridgehead atoms. The number of fused-ring (bicyclic) bond motifs is 1. The molecule has 0 spiro atoms. The predicted molar refractivity (Wildman–Crippen MR) is 55.9 cm³/mol. The Morgan fingerprint density at radius 2 is 2.33 bits per heavy atom. The summed E-state index contributed by atoms with van der Waals surface area (Å²) < 4.78 is 0. The smallest absolute Gasteiger partial charge is 0.313 e. The second kappa shape index (κ2) is 3.69. The average Bonchev–Trinajstić information content (AvgIpc) is 2.64. The van der Waals surface area contributed by atoms with E-state index < -0.39 is 11.9 Å². The van der Waals surface area contributed by atoms with Crippen molar-refractivity contribution in [2.24, 2.45) is 0 Å². The van der Waals surface area contributed by atoms with E-state index in [1.54, 1.807) is 11.8 Å². The second-order valence-electron chi connectivity index (χ2n) is 3.43. The van der Waals surface area contributed by atoms with Gasteiger partial charge in [-0.1, -0.05) is 0 Å². The van der Waals surface area contributed by atoms with Crippen LogP contribution in [0.1, 0.15) is 29.9 Å². The van der Waals surface area contributed by atoms with Crippen molar-refractivity contribution < 1.29 is 9.90 Å². The summed E-state index contributed by atoms with van der Waals surface area (Å²) in [5, 5.41) is 8.81. The molecule has 1 unspecified atom stereocenters. The van der Waals surface area contributed by atoms with Gasteiger partial charge >= 0.3 is 5.97 Å². The Hall–Kier alpha value is -1.30. The standard InChI is InChI=1S/C9H10N2O3S/c1-4(9(13)14)7-10-6-3-15-2-5(6)8(12)11-7/h4H,2-3H2,1H3,(H,13,14)(H,10,11,12). The largest absolute Gasteiger partial charge is 0.481 e. The minimum Gasteiger partial charge on any atom is -0.481 e. The molecule has 0 aromatic carbocycles. The summed E-state index contributed by atoms with van der Waals surface area (Å²) >= 11 is 1.62. The van der Waals surface area contributed by atoms with Crippen LogP contribution in [0.5, 0.6) is 0 Å². The lowest BCUT2D eigenvalue weighted by atomic mass is 10.1. The molecule has 0 saturated heterocycles. The molecule has 1 aromatic rings. The Morgan fingerprint density at radius 1 is 1.60 bits per heavy atom. The van der Waals surface area contributed by atoms with Gasteiger partial charge in [0.25, 0.3) is 5.56 Å². The van der Waals surface area contributed by atoms with Crippen LogP contribution in [0.4, 0.5) is 0 Å². The van der Waals surface area contributed by atoms with E-state index in [0.29, 0.717) is 17.1 Å². The molecule has 6 heteroatoms. The Kier molecular flexibility index (Phi) is 2.52. The molecule has 2 N–H and O–H groups in total. The van der Waals surface area contributed by atoms with Gasteiger partial charge in [-0.25, -0.2) is 4.98 Å². The van der Waals surface area contributed by atoms with Crippen molar-refractivity contribution in [3.05, 3.63) is 27.4 Å². The van der Waals surface area contributed by atoms with Gasteiger partial charge in [0.1, 0.15) is 11.7 Å². The minimum absolute atomic E-state index is 0.201. The number of rotatable bonds is 2. The van der Waals surface area contributed by atoms with Gasteiger partial charge in [0, 0.05) is 17.1 Å². The van der Waals surface area contributed by atoms with Crippen molar-refractivity contribution in [1.29, 1.82) is 0 Å². The fraction of sp³-hybridized carbons (Fsp3) is 0.444. The van der Waals surface area contributed by atoms with Crippen molar-refractivity contribution in [1.82, 2.24) is 9.97 Å². The number of carboxylic acids is 1. The third-order valence-electron chi connectivity index (χ3n) is 2.39. The molecule has 0 saturated carbocycles. The van der Waals surface area contributed by atoms with Crippen molar-refractivity contribution in [3.63, 3.8) is 0 Å². The summed E-state index contributed by atoms with van der Waals surface area (Å²) in [5.41, 5.74) is 1.21. The van der Waals surface area contributed by atoms with E-state index in [2.05, 4.69) is 9.97 Å². The summed E-state index contributed by atoms with van der Waals surface area (Å²) in [6.07, 6.45) is 0. The first-order valence-corrected chi connectivity index (χ1v) is 5.67. The highest BCUT2D eigenvalue weighted by Gasteiger charge is 2.22. The van der Waals surface area contributed by atoms with E-state index in [1.165, 1.54) is 6.92 Å². The van der Waals surface area contributed by atoms with Crippen LogP contribution in [0.3, 0.4) is 0 Å². The summed E-state index contributed by atoms with van der Waals surface area (Å²) in [6.45, 7) is 1.51. The number of carboxylic acid groups (broad SMARTS) is 1. The quantitative estimate of drug-likeness (QED) is 0.775. The molecule has 0 aliphatic carbocycles. The Labute approximate surface area is 89.9 Å². The zero-order valence-corrected chi connectivity index (χ0v) is 8.93. The number of aliphatic carboxylic acids is 1. The lowest BCUT2D eigenvalue weighted by Gasteiger charge is -2.06. The lowest BCUT2D eigenvalue weighted by molar-refractivity contribution is -0.138. The van der Waals surface area contributed by atoms with E-state index in [1.807, 2.05) is 0 Å². The van der Waals surface area contributed by atoms with Gasteiger partial charge in [0.15, 0.2) is 0 Å². The summed E-state index contributed by atoms with van der Waals surface area (Å²) in [7, 11) is 0. The lowest BCUT2D eigenvalue weighted by Crippen LogP contribution is -2.21. The van der Waals surface area contributed by atoms with Crippen LogP contribution in [0.15, 0.2) is 4.79 Å². The molecule has 80 valence electrons. The fourth-order valence-corrected chi connectivity index (χ4v) is 2.44. The first kappa shape index (κ1) is 10.2. The number of hydrogen-bond acceptors (Lipinski definition) is 4. The van der Waals surface area contributed by atoms with E-state index in [0.717, 1.165) is 5.69 Å². The van der Waals surface area contributed by atoms with Crippen LogP contribution in [0, 0.1) is 0 Å². The number of aromatic nitrogens is 2. The summed E-state index contributed by atoms with van der Waals surface area (Å²) in [6, 6.07) is 0. The van der Waals surface area contributed by atoms with Gasteiger partial charge < -0.3 is 10.1 Å². The SMILES string of the molecule is CC(C(=O)O)c1nc2c(c(=O)[nH]1)CSC2. The Morgan fingerprint density at radius 3 is 3.00 bits per heavy atom. The van der Waals surface area contributed by atoms with Gasteiger partial charge in [0.05, 0.1) is 5.69 Å². The molecule has 2 rings (SSSR count). The van der Waals surface area contributed by atoms with Crippen molar-refractivity contribution in [2.75, 3.05) is 0 Å². The number of carbonyl (C=O) groups is 1. The topological polar surface area (TPSA) is 83.0 Å². The Bertz CT molecular complexity index is 469. The van der Waals surface area contributed by atoms with Gasteiger partial charge in [-0.05, 0) is 6.92 Å². The molecular weight excluding hydrogens is 216 g/mol.